The highest BCUT2D eigenvalue weighted by molar-refractivity contribution is 7.92. The Kier molecular flexibility index (Phi) is 6.76. The van der Waals surface area contributed by atoms with E-state index in [0.29, 0.717) is 15.8 Å². The van der Waals surface area contributed by atoms with E-state index in [1.165, 1.54) is 11.3 Å². The molecular formula is C25H24N4O3S2. The Labute approximate surface area is 203 Å². The molecule has 0 bridgehead atoms. The van der Waals surface area contributed by atoms with Crippen molar-refractivity contribution in [2.75, 3.05) is 16.2 Å². The van der Waals surface area contributed by atoms with Crippen LogP contribution in [0.4, 0.5) is 10.8 Å². The van der Waals surface area contributed by atoms with Crippen LogP contribution in [0.5, 0.6) is 0 Å². The van der Waals surface area contributed by atoms with E-state index in [9.17, 15) is 13.2 Å². The maximum absolute atomic E-state index is 13.5. The number of benzene rings is 3. The maximum atomic E-state index is 13.5. The van der Waals surface area contributed by atoms with Gasteiger partial charge in [-0.1, -0.05) is 65.4 Å². The fraction of sp³-hybridized carbons (Fsp3) is 0.160. The fourth-order valence-electron chi connectivity index (χ4n) is 3.29. The van der Waals surface area contributed by atoms with Crippen molar-refractivity contribution in [3.05, 3.63) is 89.5 Å². The van der Waals surface area contributed by atoms with Crippen molar-refractivity contribution >= 4 is 38.1 Å². The molecule has 3 aromatic carbocycles. The topological polar surface area (TPSA) is 92.3 Å². The Morgan fingerprint density at radius 2 is 1.62 bits per heavy atom. The second-order valence-corrected chi connectivity index (χ2v) is 10.8. The molecule has 9 heteroatoms. The molecule has 0 aliphatic heterocycles. The quantitative estimate of drug-likeness (QED) is 0.393. The van der Waals surface area contributed by atoms with Crippen molar-refractivity contribution in [3.8, 4) is 10.6 Å². The minimum Gasteiger partial charge on any atom is -0.299 e. The number of aromatic nitrogens is 2. The third-order valence-electron chi connectivity index (χ3n) is 5.37. The van der Waals surface area contributed by atoms with Crippen molar-refractivity contribution in [1.29, 1.82) is 0 Å². The number of sulfonamides is 1. The van der Waals surface area contributed by atoms with Gasteiger partial charge in [0.25, 0.3) is 10.0 Å². The predicted octanol–water partition coefficient (Wildman–Crippen LogP) is 4.96. The smallest absolute Gasteiger partial charge is 0.264 e. The number of nitrogens with zero attached hydrogens (tertiary/aromatic N) is 3. The molecule has 174 valence electrons. The lowest BCUT2D eigenvalue weighted by Crippen LogP contribution is -2.38. The molecule has 4 aromatic rings. The Hall–Kier alpha value is -3.56. The zero-order valence-electron chi connectivity index (χ0n) is 19.0. The van der Waals surface area contributed by atoms with E-state index in [0.717, 1.165) is 26.6 Å². The lowest BCUT2D eigenvalue weighted by molar-refractivity contribution is -0.114. The van der Waals surface area contributed by atoms with Gasteiger partial charge in [0.05, 0.1) is 10.6 Å². The van der Waals surface area contributed by atoms with Gasteiger partial charge in [-0.2, -0.15) is 0 Å². The van der Waals surface area contributed by atoms with Crippen LogP contribution in [-0.4, -0.2) is 31.1 Å². The Morgan fingerprint density at radius 3 is 2.29 bits per heavy atom. The van der Waals surface area contributed by atoms with Crippen LogP contribution in [-0.2, 0) is 14.8 Å². The number of carbonyl (C=O) groups excluding carboxylic acids is 1. The summed E-state index contributed by atoms with van der Waals surface area (Å²) in [4.78, 5) is 13.1. The molecule has 0 saturated heterocycles. The summed E-state index contributed by atoms with van der Waals surface area (Å²) in [6, 6.07) is 21.4. The minimum atomic E-state index is -3.99. The second kappa shape index (κ2) is 9.74. The molecule has 1 aromatic heterocycles. The van der Waals surface area contributed by atoms with Crippen LogP contribution in [0, 0.1) is 20.8 Å². The molecule has 1 heterocycles. The van der Waals surface area contributed by atoms with Crippen molar-refractivity contribution < 1.29 is 13.2 Å². The average Bonchev–Trinajstić information content (AvgIpc) is 3.28. The van der Waals surface area contributed by atoms with E-state index in [1.54, 1.807) is 36.4 Å². The van der Waals surface area contributed by atoms with Crippen LogP contribution in [0.3, 0.4) is 0 Å². The van der Waals surface area contributed by atoms with E-state index in [4.69, 9.17) is 0 Å². The predicted molar refractivity (Wildman–Crippen MR) is 136 cm³/mol. The normalized spacial score (nSPS) is 11.3. The van der Waals surface area contributed by atoms with Crippen LogP contribution < -0.4 is 9.62 Å². The average molecular weight is 493 g/mol. The molecule has 34 heavy (non-hydrogen) atoms. The van der Waals surface area contributed by atoms with Crippen LogP contribution in [0.2, 0.25) is 0 Å². The van der Waals surface area contributed by atoms with Crippen LogP contribution in [0.1, 0.15) is 16.7 Å². The van der Waals surface area contributed by atoms with E-state index in [-0.39, 0.29) is 4.90 Å². The molecule has 1 N–H and O–H groups in total. The Bertz CT molecular complexity index is 1420. The van der Waals surface area contributed by atoms with Gasteiger partial charge in [-0.25, -0.2) is 8.42 Å². The first-order chi connectivity index (χ1) is 16.2. The van der Waals surface area contributed by atoms with Crippen molar-refractivity contribution in [1.82, 2.24) is 10.2 Å². The first-order valence-corrected chi connectivity index (χ1v) is 12.8. The molecule has 0 radical (unpaired) electrons. The number of carbonyl (C=O) groups is 1. The molecule has 0 fully saturated rings. The van der Waals surface area contributed by atoms with Gasteiger partial charge < -0.3 is 0 Å². The van der Waals surface area contributed by atoms with Gasteiger partial charge in [-0.3, -0.25) is 14.4 Å². The van der Waals surface area contributed by atoms with Gasteiger partial charge in [-0.15, -0.1) is 10.2 Å². The van der Waals surface area contributed by atoms with E-state index in [2.05, 4.69) is 15.5 Å². The monoisotopic (exact) mass is 492 g/mol. The molecule has 0 aliphatic carbocycles. The van der Waals surface area contributed by atoms with E-state index in [1.807, 2.05) is 57.2 Å². The molecule has 0 atom stereocenters. The zero-order chi connectivity index (χ0) is 24.3. The van der Waals surface area contributed by atoms with Gasteiger partial charge in [0, 0.05) is 5.56 Å². The number of amides is 1. The van der Waals surface area contributed by atoms with Crippen molar-refractivity contribution in [3.63, 3.8) is 0 Å². The highest BCUT2D eigenvalue weighted by Crippen LogP contribution is 2.28. The lowest BCUT2D eigenvalue weighted by Gasteiger charge is -2.24. The summed E-state index contributed by atoms with van der Waals surface area (Å²) in [6.45, 7) is 5.34. The van der Waals surface area contributed by atoms with Gasteiger partial charge in [0.2, 0.25) is 11.0 Å². The number of hydrogen-bond acceptors (Lipinski definition) is 6. The van der Waals surface area contributed by atoms with Crippen LogP contribution in [0.25, 0.3) is 10.6 Å². The molecular weight excluding hydrogens is 468 g/mol. The summed E-state index contributed by atoms with van der Waals surface area (Å²) in [6.07, 6.45) is 0. The molecule has 1 amide bonds. The number of anilines is 2. The summed E-state index contributed by atoms with van der Waals surface area (Å²) < 4.78 is 28.2. The Balaban J connectivity index is 1.62. The highest BCUT2D eigenvalue weighted by Gasteiger charge is 2.28. The van der Waals surface area contributed by atoms with E-state index < -0.39 is 22.5 Å². The molecule has 0 spiro atoms. The molecule has 0 aliphatic rings. The number of nitrogens with one attached hydrogen (secondary N) is 1. The lowest BCUT2D eigenvalue weighted by atomic mass is 10.1. The summed E-state index contributed by atoms with van der Waals surface area (Å²) >= 11 is 1.22. The first kappa shape index (κ1) is 23.6. The zero-order valence-corrected chi connectivity index (χ0v) is 20.7. The van der Waals surface area contributed by atoms with Crippen molar-refractivity contribution in [2.45, 2.75) is 25.7 Å². The maximum Gasteiger partial charge on any atom is 0.264 e. The molecule has 0 saturated carbocycles. The van der Waals surface area contributed by atoms with Crippen LogP contribution >= 0.6 is 11.3 Å². The molecule has 4 rings (SSSR count). The van der Waals surface area contributed by atoms with Gasteiger partial charge >= 0.3 is 0 Å². The molecule has 7 nitrogen and oxygen atoms in total. The molecule has 0 unspecified atom stereocenters. The fourth-order valence-corrected chi connectivity index (χ4v) is 5.47. The number of rotatable bonds is 7. The summed E-state index contributed by atoms with van der Waals surface area (Å²) in [5, 5.41) is 11.8. The number of hydrogen-bond donors (Lipinski definition) is 1. The van der Waals surface area contributed by atoms with Gasteiger partial charge in [0.15, 0.2) is 0 Å². The van der Waals surface area contributed by atoms with Gasteiger partial charge in [-0.05, 0) is 56.2 Å². The second-order valence-electron chi connectivity index (χ2n) is 7.92. The largest absolute Gasteiger partial charge is 0.299 e. The standard InChI is InChI=1S/C25H24N4O3S2/c1-17-9-13-22(14-10-17)34(31,32)29(21-12-11-18(2)19(3)15-21)16-23(30)26-25-28-27-24(33-25)20-7-5-4-6-8-20/h4-15H,16H2,1-3H3,(H,26,28,30). The summed E-state index contributed by atoms with van der Waals surface area (Å²) in [7, 11) is -3.99. The third kappa shape index (κ3) is 5.16. The number of aryl methyl sites for hydroxylation is 3. The third-order valence-corrected chi connectivity index (χ3v) is 8.04. The summed E-state index contributed by atoms with van der Waals surface area (Å²) in [5.74, 6) is -0.510. The summed E-state index contributed by atoms with van der Waals surface area (Å²) in [5.41, 5.74) is 4.21. The van der Waals surface area contributed by atoms with Crippen molar-refractivity contribution in [2.24, 2.45) is 0 Å². The SMILES string of the molecule is Cc1ccc(S(=O)(=O)N(CC(=O)Nc2nnc(-c3ccccc3)s2)c2ccc(C)c(C)c2)cc1. The first-order valence-electron chi connectivity index (χ1n) is 10.6. The van der Waals surface area contributed by atoms with E-state index >= 15 is 0 Å². The van der Waals surface area contributed by atoms with Crippen LogP contribution in [0.15, 0.2) is 77.7 Å². The highest BCUT2D eigenvalue weighted by atomic mass is 32.2. The Morgan fingerprint density at radius 1 is 0.912 bits per heavy atom. The minimum absolute atomic E-state index is 0.117. The van der Waals surface area contributed by atoms with Gasteiger partial charge in [0.1, 0.15) is 11.6 Å².